The average molecular weight is 428 g/mol. The molecule has 30 heavy (non-hydrogen) atoms. The lowest BCUT2D eigenvalue weighted by atomic mass is 9.95. The Morgan fingerprint density at radius 2 is 1.87 bits per heavy atom. The van der Waals surface area contributed by atoms with Crippen LogP contribution in [0.4, 0.5) is 5.69 Å². The second kappa shape index (κ2) is 11.1. The predicted octanol–water partition coefficient (Wildman–Crippen LogP) is 4.72. The molecule has 0 radical (unpaired) electrons. The summed E-state index contributed by atoms with van der Waals surface area (Å²) in [6, 6.07) is 15.1. The van der Waals surface area contributed by atoms with Gasteiger partial charge in [-0.3, -0.25) is 14.5 Å². The zero-order chi connectivity index (χ0) is 21.3. The first-order valence-corrected chi connectivity index (χ1v) is 11.1. The molecule has 0 atom stereocenters. The third-order valence-corrected chi connectivity index (χ3v) is 5.73. The van der Waals surface area contributed by atoms with Crippen molar-refractivity contribution in [1.29, 1.82) is 0 Å². The third kappa shape index (κ3) is 6.31. The molecule has 1 heterocycles. The zero-order valence-electron chi connectivity index (χ0n) is 17.5. The summed E-state index contributed by atoms with van der Waals surface area (Å²) in [7, 11) is 0. The van der Waals surface area contributed by atoms with Crippen molar-refractivity contribution in [2.75, 3.05) is 25.0 Å². The van der Waals surface area contributed by atoms with Crippen molar-refractivity contribution in [2.45, 2.75) is 39.2 Å². The van der Waals surface area contributed by atoms with E-state index in [1.54, 1.807) is 12.1 Å². The van der Waals surface area contributed by atoms with Crippen molar-refractivity contribution in [3.8, 4) is 0 Å². The van der Waals surface area contributed by atoms with Gasteiger partial charge in [-0.15, -0.1) is 0 Å². The quantitative estimate of drug-likeness (QED) is 0.599. The molecule has 0 unspecified atom stereocenters. The number of likely N-dealkylation sites (tertiary alicyclic amines) is 1. The number of unbranched alkanes of at least 4 members (excludes halogenated alkanes) is 1. The largest absolute Gasteiger partial charge is 0.352 e. The number of benzene rings is 2. The number of rotatable bonds is 8. The van der Waals surface area contributed by atoms with E-state index in [1.807, 2.05) is 30.3 Å². The average Bonchev–Trinajstić information content (AvgIpc) is 2.75. The van der Waals surface area contributed by atoms with Gasteiger partial charge in [-0.2, -0.15) is 0 Å². The first-order valence-electron chi connectivity index (χ1n) is 10.7. The number of amides is 2. The molecular weight excluding hydrogens is 398 g/mol. The lowest BCUT2D eigenvalue weighted by molar-refractivity contribution is -0.121. The zero-order valence-corrected chi connectivity index (χ0v) is 18.3. The summed E-state index contributed by atoms with van der Waals surface area (Å²) in [6.45, 7) is 5.30. The van der Waals surface area contributed by atoms with E-state index in [1.165, 1.54) is 5.56 Å². The first kappa shape index (κ1) is 22.3. The van der Waals surface area contributed by atoms with Gasteiger partial charge >= 0.3 is 0 Å². The summed E-state index contributed by atoms with van der Waals surface area (Å²) in [4.78, 5) is 27.6. The minimum Gasteiger partial charge on any atom is -0.352 e. The van der Waals surface area contributed by atoms with Crippen LogP contribution in [-0.4, -0.2) is 36.3 Å². The van der Waals surface area contributed by atoms with E-state index in [-0.39, 0.29) is 17.7 Å². The number of carbonyl (C=O) groups excluding carboxylic acids is 2. The highest BCUT2D eigenvalue weighted by Crippen LogP contribution is 2.23. The normalized spacial score (nSPS) is 15.0. The van der Waals surface area contributed by atoms with Crippen molar-refractivity contribution in [3.05, 3.63) is 64.7 Å². The van der Waals surface area contributed by atoms with Gasteiger partial charge in [0.2, 0.25) is 5.91 Å². The molecule has 2 aromatic rings. The SMILES string of the molecule is CCCCNC(=O)c1ccccc1NC(=O)C1CCN(Cc2cccc(Cl)c2)CC1. The van der Waals surface area contributed by atoms with E-state index >= 15 is 0 Å². The molecule has 1 aliphatic rings. The molecule has 1 fully saturated rings. The lowest BCUT2D eigenvalue weighted by Gasteiger charge is -2.31. The van der Waals surface area contributed by atoms with Gasteiger partial charge in [0.1, 0.15) is 0 Å². The van der Waals surface area contributed by atoms with E-state index < -0.39 is 0 Å². The second-order valence-electron chi connectivity index (χ2n) is 7.82. The van der Waals surface area contributed by atoms with Crippen molar-refractivity contribution >= 4 is 29.1 Å². The number of nitrogens with zero attached hydrogens (tertiary/aromatic N) is 1. The third-order valence-electron chi connectivity index (χ3n) is 5.50. The Morgan fingerprint density at radius 3 is 2.60 bits per heavy atom. The van der Waals surface area contributed by atoms with E-state index in [9.17, 15) is 9.59 Å². The molecule has 5 nitrogen and oxygen atoms in total. The smallest absolute Gasteiger partial charge is 0.253 e. The maximum absolute atomic E-state index is 12.8. The van der Waals surface area contributed by atoms with Crippen LogP contribution in [0, 0.1) is 5.92 Å². The molecule has 0 spiro atoms. The van der Waals surface area contributed by atoms with Crippen LogP contribution >= 0.6 is 11.6 Å². The Morgan fingerprint density at radius 1 is 1.10 bits per heavy atom. The molecule has 3 rings (SSSR count). The predicted molar refractivity (Wildman–Crippen MR) is 122 cm³/mol. The highest BCUT2D eigenvalue weighted by Gasteiger charge is 2.26. The molecule has 2 aromatic carbocycles. The molecule has 1 saturated heterocycles. The van der Waals surface area contributed by atoms with Gasteiger partial charge in [0.15, 0.2) is 0 Å². The van der Waals surface area contributed by atoms with Crippen LogP contribution in [0.1, 0.15) is 48.5 Å². The monoisotopic (exact) mass is 427 g/mol. The molecule has 2 N–H and O–H groups in total. The van der Waals surface area contributed by atoms with Gasteiger partial charge in [0.25, 0.3) is 5.91 Å². The summed E-state index contributed by atoms with van der Waals surface area (Å²) in [6.07, 6.45) is 3.57. The molecule has 0 bridgehead atoms. The Balaban J connectivity index is 1.53. The molecule has 1 aliphatic heterocycles. The number of anilines is 1. The number of nitrogens with one attached hydrogen (secondary N) is 2. The molecule has 0 saturated carbocycles. The Hall–Kier alpha value is -2.37. The second-order valence-corrected chi connectivity index (χ2v) is 8.26. The number of para-hydroxylation sites is 1. The van der Waals surface area contributed by atoms with Crippen molar-refractivity contribution < 1.29 is 9.59 Å². The molecule has 160 valence electrons. The number of carbonyl (C=O) groups is 2. The van der Waals surface area contributed by atoms with E-state index in [2.05, 4.69) is 28.5 Å². The van der Waals surface area contributed by atoms with Crippen LogP contribution in [0.15, 0.2) is 48.5 Å². The van der Waals surface area contributed by atoms with E-state index in [0.717, 1.165) is 50.3 Å². The molecule has 2 amide bonds. The number of halogens is 1. The van der Waals surface area contributed by atoms with Gasteiger partial charge < -0.3 is 10.6 Å². The van der Waals surface area contributed by atoms with Crippen molar-refractivity contribution in [2.24, 2.45) is 5.92 Å². The first-order chi connectivity index (χ1) is 14.6. The maximum atomic E-state index is 12.8. The number of piperidine rings is 1. The van der Waals surface area contributed by atoms with Crippen LogP contribution in [-0.2, 0) is 11.3 Å². The minimum absolute atomic E-state index is 0.00814. The lowest BCUT2D eigenvalue weighted by Crippen LogP contribution is -2.38. The molecular formula is C24H30ClN3O2. The fraction of sp³-hybridized carbons (Fsp3) is 0.417. The van der Waals surface area contributed by atoms with Gasteiger partial charge in [-0.05, 0) is 62.2 Å². The van der Waals surface area contributed by atoms with E-state index in [0.29, 0.717) is 17.8 Å². The minimum atomic E-state index is -0.143. The van der Waals surface area contributed by atoms with Gasteiger partial charge in [-0.1, -0.05) is 49.2 Å². The summed E-state index contributed by atoms with van der Waals surface area (Å²) < 4.78 is 0. The number of hydrogen-bond acceptors (Lipinski definition) is 3. The van der Waals surface area contributed by atoms with Gasteiger partial charge in [-0.25, -0.2) is 0 Å². The highest BCUT2D eigenvalue weighted by molar-refractivity contribution is 6.30. The van der Waals surface area contributed by atoms with Crippen LogP contribution in [0.3, 0.4) is 0 Å². The van der Waals surface area contributed by atoms with Crippen LogP contribution in [0.25, 0.3) is 0 Å². The van der Waals surface area contributed by atoms with Gasteiger partial charge in [0.05, 0.1) is 11.3 Å². The highest BCUT2D eigenvalue weighted by atomic mass is 35.5. The topological polar surface area (TPSA) is 61.4 Å². The Bertz CT molecular complexity index is 863. The fourth-order valence-corrected chi connectivity index (χ4v) is 3.96. The number of hydrogen-bond donors (Lipinski definition) is 2. The summed E-state index contributed by atoms with van der Waals surface area (Å²) in [5.74, 6) is -0.196. The van der Waals surface area contributed by atoms with Crippen LogP contribution in [0.5, 0.6) is 0 Å². The summed E-state index contributed by atoms with van der Waals surface area (Å²) in [5.41, 5.74) is 2.28. The summed E-state index contributed by atoms with van der Waals surface area (Å²) in [5, 5.41) is 6.66. The van der Waals surface area contributed by atoms with Crippen molar-refractivity contribution in [1.82, 2.24) is 10.2 Å². The van der Waals surface area contributed by atoms with E-state index in [4.69, 9.17) is 11.6 Å². The molecule has 0 aromatic heterocycles. The van der Waals surface area contributed by atoms with Gasteiger partial charge in [0, 0.05) is 24.0 Å². The standard InChI is InChI=1S/C24H30ClN3O2/c1-2-3-13-26-24(30)21-9-4-5-10-22(21)27-23(29)19-11-14-28(15-12-19)17-18-7-6-8-20(25)16-18/h4-10,16,19H,2-3,11-15,17H2,1H3,(H,26,30)(H,27,29). The molecule has 0 aliphatic carbocycles. The Kier molecular flexibility index (Phi) is 8.29. The summed E-state index contributed by atoms with van der Waals surface area (Å²) >= 11 is 6.07. The fourth-order valence-electron chi connectivity index (χ4n) is 3.75. The van der Waals surface area contributed by atoms with Crippen LogP contribution in [0.2, 0.25) is 5.02 Å². The molecule has 6 heteroatoms. The maximum Gasteiger partial charge on any atom is 0.253 e. The van der Waals surface area contributed by atoms with Crippen molar-refractivity contribution in [3.63, 3.8) is 0 Å². The Labute approximate surface area is 183 Å². The van der Waals surface area contributed by atoms with Crippen LogP contribution < -0.4 is 10.6 Å².